The van der Waals surface area contributed by atoms with Crippen molar-refractivity contribution in [2.45, 2.75) is 26.7 Å². The number of aromatic amines is 1. The molecular formula is C16H17N4O2S+. The quantitative estimate of drug-likeness (QED) is 0.532. The fraction of sp³-hybridized carbons (Fsp3) is 0.250. The normalized spacial score (nSPS) is 14.3. The Morgan fingerprint density at radius 2 is 1.83 bits per heavy atom. The van der Waals surface area contributed by atoms with Gasteiger partial charge < -0.3 is 0 Å². The zero-order valence-corrected chi connectivity index (χ0v) is 13.7. The van der Waals surface area contributed by atoms with E-state index in [4.69, 9.17) is 0 Å². The highest BCUT2D eigenvalue weighted by atomic mass is 32.1. The van der Waals surface area contributed by atoms with E-state index in [9.17, 15) is 9.59 Å². The van der Waals surface area contributed by atoms with Gasteiger partial charge >= 0.3 is 5.13 Å². The van der Waals surface area contributed by atoms with Gasteiger partial charge in [-0.1, -0.05) is 16.4 Å². The maximum Gasteiger partial charge on any atom is 0.357 e. The third-order valence-electron chi connectivity index (χ3n) is 3.41. The van der Waals surface area contributed by atoms with Gasteiger partial charge in [-0.05, 0) is 38.1 Å². The Morgan fingerprint density at radius 3 is 2.43 bits per heavy atom. The summed E-state index contributed by atoms with van der Waals surface area (Å²) in [5.41, 5.74) is 6.46. The molecule has 2 N–H and O–H groups in total. The van der Waals surface area contributed by atoms with E-state index in [0.29, 0.717) is 18.5 Å². The molecule has 1 aliphatic rings. The highest BCUT2D eigenvalue weighted by molar-refractivity contribution is 7.13. The number of hydrazone groups is 1. The molecule has 7 heteroatoms. The molecule has 3 rings (SSSR count). The van der Waals surface area contributed by atoms with Gasteiger partial charge in [-0.15, -0.1) is 5.43 Å². The van der Waals surface area contributed by atoms with E-state index in [1.54, 1.807) is 12.1 Å². The Morgan fingerprint density at radius 1 is 1.17 bits per heavy atom. The Hall–Kier alpha value is -2.54. The molecule has 0 saturated carbocycles. The van der Waals surface area contributed by atoms with Crippen molar-refractivity contribution in [2.75, 3.05) is 10.3 Å². The first kappa shape index (κ1) is 15.4. The number of aromatic nitrogens is 1. The van der Waals surface area contributed by atoms with E-state index in [1.165, 1.54) is 16.2 Å². The third kappa shape index (κ3) is 3.29. The van der Waals surface area contributed by atoms with Crippen molar-refractivity contribution in [2.24, 2.45) is 5.10 Å². The molecule has 0 radical (unpaired) electrons. The SMILES string of the molecule is CC(C)=NNc1[nH+]c(-c2ccc(N3C(=O)CCC3=O)cc2)cs1. The van der Waals surface area contributed by atoms with E-state index >= 15 is 0 Å². The number of H-pyrrole nitrogens is 1. The number of rotatable bonds is 4. The minimum atomic E-state index is -0.135. The van der Waals surface area contributed by atoms with Gasteiger partial charge in [-0.3, -0.25) is 14.5 Å². The first-order valence-electron chi connectivity index (χ1n) is 7.28. The molecule has 23 heavy (non-hydrogen) atoms. The molecule has 0 aliphatic carbocycles. The maximum absolute atomic E-state index is 11.8. The molecule has 1 saturated heterocycles. The van der Waals surface area contributed by atoms with Gasteiger partial charge in [0.15, 0.2) is 0 Å². The number of carbonyl (C=O) groups excluding carboxylic acids is 2. The summed E-state index contributed by atoms with van der Waals surface area (Å²) in [6.45, 7) is 3.84. The lowest BCUT2D eigenvalue weighted by Crippen LogP contribution is -2.28. The van der Waals surface area contributed by atoms with Crippen molar-refractivity contribution < 1.29 is 14.6 Å². The molecule has 0 bridgehead atoms. The number of thiazole rings is 1. The standard InChI is InChI=1S/C16H16N4O2S/c1-10(2)18-19-16-17-13(9-23-16)11-3-5-12(6-4-11)20-14(21)7-8-15(20)22/h3-6,9H,7-8H2,1-2H3,(H,17,19)/p+1. The number of hydrogen-bond acceptors (Lipinski definition) is 5. The number of hydrogen-bond donors (Lipinski definition) is 1. The summed E-state index contributed by atoms with van der Waals surface area (Å²) >= 11 is 1.52. The number of carbonyl (C=O) groups is 2. The fourth-order valence-electron chi connectivity index (χ4n) is 2.31. The van der Waals surface area contributed by atoms with Crippen LogP contribution in [0.5, 0.6) is 0 Å². The summed E-state index contributed by atoms with van der Waals surface area (Å²) in [5, 5.41) is 6.98. The van der Waals surface area contributed by atoms with Crippen LogP contribution in [0.15, 0.2) is 34.7 Å². The fourth-order valence-corrected chi connectivity index (χ4v) is 3.01. The van der Waals surface area contributed by atoms with Gasteiger partial charge in [0, 0.05) is 23.8 Å². The third-order valence-corrected chi connectivity index (χ3v) is 4.19. The topological polar surface area (TPSA) is 75.9 Å². The lowest BCUT2D eigenvalue weighted by atomic mass is 10.1. The summed E-state index contributed by atoms with van der Waals surface area (Å²) in [7, 11) is 0. The smallest absolute Gasteiger partial charge is 0.274 e. The highest BCUT2D eigenvalue weighted by Crippen LogP contribution is 2.26. The number of anilines is 2. The monoisotopic (exact) mass is 329 g/mol. The second-order valence-electron chi connectivity index (χ2n) is 5.44. The van der Waals surface area contributed by atoms with Gasteiger partial charge in [0.25, 0.3) is 0 Å². The van der Waals surface area contributed by atoms with Crippen molar-refractivity contribution in [1.29, 1.82) is 0 Å². The van der Waals surface area contributed by atoms with Crippen LogP contribution in [0.25, 0.3) is 11.3 Å². The lowest BCUT2D eigenvalue weighted by Gasteiger charge is -2.13. The van der Waals surface area contributed by atoms with Crippen LogP contribution in [0.3, 0.4) is 0 Å². The van der Waals surface area contributed by atoms with Gasteiger partial charge in [-0.2, -0.15) is 0 Å². The number of imide groups is 1. The second-order valence-corrected chi connectivity index (χ2v) is 6.32. The first-order chi connectivity index (χ1) is 11.0. The van der Waals surface area contributed by atoms with Crippen molar-refractivity contribution in [3.63, 3.8) is 0 Å². The van der Waals surface area contributed by atoms with Gasteiger partial charge in [0.05, 0.1) is 11.4 Å². The minimum Gasteiger partial charge on any atom is -0.274 e. The predicted octanol–water partition coefficient (Wildman–Crippen LogP) is 2.69. The molecule has 0 atom stereocenters. The van der Waals surface area contributed by atoms with E-state index < -0.39 is 0 Å². The van der Waals surface area contributed by atoms with E-state index in [2.05, 4.69) is 15.5 Å². The molecular weight excluding hydrogens is 312 g/mol. The lowest BCUT2D eigenvalue weighted by molar-refractivity contribution is -0.341. The zero-order valence-electron chi connectivity index (χ0n) is 12.9. The summed E-state index contributed by atoms with van der Waals surface area (Å²) in [4.78, 5) is 28.0. The van der Waals surface area contributed by atoms with Gasteiger partial charge in [0.1, 0.15) is 5.69 Å². The summed E-state index contributed by atoms with van der Waals surface area (Å²) in [5.74, 6) is -0.270. The Bertz CT molecular complexity index is 760. The zero-order chi connectivity index (χ0) is 16.4. The van der Waals surface area contributed by atoms with Crippen molar-refractivity contribution >= 4 is 39.7 Å². The van der Waals surface area contributed by atoms with Gasteiger partial charge in [-0.25, -0.2) is 4.98 Å². The van der Waals surface area contributed by atoms with Crippen molar-refractivity contribution in [3.05, 3.63) is 29.6 Å². The van der Waals surface area contributed by atoms with Gasteiger partial charge in [0.2, 0.25) is 11.8 Å². The largest absolute Gasteiger partial charge is 0.357 e. The maximum atomic E-state index is 11.8. The molecule has 1 fully saturated rings. The summed E-state index contributed by atoms with van der Waals surface area (Å²) in [6, 6.07) is 7.38. The summed E-state index contributed by atoms with van der Waals surface area (Å²) in [6.07, 6.45) is 0.594. The number of nitrogens with zero attached hydrogens (tertiary/aromatic N) is 2. The summed E-state index contributed by atoms with van der Waals surface area (Å²) < 4.78 is 0. The van der Waals surface area contributed by atoms with Crippen LogP contribution in [0.2, 0.25) is 0 Å². The molecule has 6 nitrogen and oxygen atoms in total. The molecule has 2 amide bonds. The molecule has 0 spiro atoms. The molecule has 2 aromatic rings. The van der Waals surface area contributed by atoms with Crippen molar-refractivity contribution in [3.8, 4) is 11.3 Å². The molecule has 1 aliphatic heterocycles. The van der Waals surface area contributed by atoms with Crippen LogP contribution in [0.4, 0.5) is 10.8 Å². The Labute approximate surface area is 137 Å². The van der Waals surface area contributed by atoms with E-state index in [0.717, 1.165) is 22.1 Å². The average molecular weight is 329 g/mol. The number of nitrogens with one attached hydrogen (secondary N) is 2. The number of amides is 2. The van der Waals surface area contributed by atoms with E-state index in [1.807, 2.05) is 31.4 Å². The molecule has 2 heterocycles. The van der Waals surface area contributed by atoms with Crippen molar-refractivity contribution in [1.82, 2.24) is 0 Å². The Kier molecular flexibility index (Phi) is 4.20. The van der Waals surface area contributed by atoms with Crippen LogP contribution < -0.4 is 15.3 Å². The van der Waals surface area contributed by atoms with Crippen LogP contribution in [-0.2, 0) is 9.59 Å². The second kappa shape index (κ2) is 6.29. The minimum absolute atomic E-state index is 0.135. The predicted molar refractivity (Wildman–Crippen MR) is 90.4 cm³/mol. The van der Waals surface area contributed by atoms with Crippen LogP contribution in [-0.4, -0.2) is 17.5 Å². The Balaban J connectivity index is 1.78. The molecule has 1 aromatic heterocycles. The highest BCUT2D eigenvalue weighted by Gasteiger charge is 2.30. The van der Waals surface area contributed by atoms with Crippen LogP contribution >= 0.6 is 11.3 Å². The van der Waals surface area contributed by atoms with Crippen LogP contribution in [0.1, 0.15) is 26.7 Å². The van der Waals surface area contributed by atoms with E-state index in [-0.39, 0.29) is 11.8 Å². The molecule has 0 unspecified atom stereocenters. The molecule has 118 valence electrons. The van der Waals surface area contributed by atoms with Crippen LogP contribution in [0, 0.1) is 0 Å². The average Bonchev–Trinajstić information content (AvgIpc) is 3.13. The molecule has 1 aromatic carbocycles. The number of benzene rings is 1. The first-order valence-corrected chi connectivity index (χ1v) is 8.16.